The van der Waals surface area contributed by atoms with E-state index in [2.05, 4.69) is 4.98 Å². The van der Waals surface area contributed by atoms with Gasteiger partial charge in [-0.25, -0.2) is 4.98 Å². The molecule has 0 saturated carbocycles. The summed E-state index contributed by atoms with van der Waals surface area (Å²) in [4.78, 5) is 28.4. The fraction of sp³-hybridized carbons (Fsp3) is 0.312. The Kier molecular flexibility index (Phi) is 4.37. The fourth-order valence-corrected chi connectivity index (χ4v) is 2.33. The third kappa shape index (κ3) is 3.17. The summed E-state index contributed by atoms with van der Waals surface area (Å²) in [6.45, 7) is 1.03. The van der Waals surface area contributed by atoms with Gasteiger partial charge in [0.2, 0.25) is 0 Å². The number of oxazole rings is 1. The number of carbonyl (C=O) groups excluding carboxylic acids is 1. The van der Waals surface area contributed by atoms with E-state index in [1.165, 1.54) is 18.3 Å². The Morgan fingerprint density at radius 2 is 2.00 bits per heavy atom. The molecule has 2 aromatic rings. The first-order valence-corrected chi connectivity index (χ1v) is 7.37. The largest absolute Gasteiger partial charge is 0.486 e. The Hall–Kier alpha value is -3.03. The second-order valence-corrected chi connectivity index (χ2v) is 5.26. The highest BCUT2D eigenvalue weighted by Crippen LogP contribution is 2.35. The molecule has 1 aromatic carbocycles. The zero-order chi connectivity index (χ0) is 17.1. The van der Waals surface area contributed by atoms with Crippen molar-refractivity contribution >= 4 is 11.9 Å². The molecule has 24 heavy (non-hydrogen) atoms. The van der Waals surface area contributed by atoms with Gasteiger partial charge in [0, 0.05) is 19.2 Å². The Balaban J connectivity index is 1.85. The number of aliphatic carboxylic acids is 1. The molecule has 0 saturated heterocycles. The average molecular weight is 332 g/mol. The summed E-state index contributed by atoms with van der Waals surface area (Å²) in [6.07, 6.45) is 1.05. The van der Waals surface area contributed by atoms with E-state index in [0.717, 1.165) is 0 Å². The van der Waals surface area contributed by atoms with E-state index < -0.39 is 11.9 Å². The number of carboxylic acids is 1. The van der Waals surface area contributed by atoms with Crippen LogP contribution in [0.1, 0.15) is 16.9 Å². The van der Waals surface area contributed by atoms with Crippen LogP contribution in [0.3, 0.4) is 0 Å². The van der Waals surface area contributed by atoms with Crippen molar-refractivity contribution < 1.29 is 28.6 Å². The highest BCUT2D eigenvalue weighted by Gasteiger charge is 2.23. The van der Waals surface area contributed by atoms with Crippen molar-refractivity contribution in [3.8, 4) is 22.8 Å². The summed E-state index contributed by atoms with van der Waals surface area (Å²) in [5.74, 6) is 0.139. The zero-order valence-corrected chi connectivity index (χ0v) is 13.0. The van der Waals surface area contributed by atoms with E-state index in [-0.39, 0.29) is 18.7 Å². The van der Waals surface area contributed by atoms with Gasteiger partial charge in [-0.3, -0.25) is 9.59 Å². The molecule has 1 aliphatic rings. The molecule has 126 valence electrons. The minimum absolute atomic E-state index is 0.0849. The SMILES string of the molecule is CN(CCC(=O)O)C(=O)c1ncoc1-c1ccc2c(c1)OCCO2. The predicted octanol–water partition coefficient (Wildman–Crippen LogP) is 1.66. The van der Waals surface area contributed by atoms with Gasteiger partial charge >= 0.3 is 5.97 Å². The Morgan fingerprint density at radius 3 is 2.75 bits per heavy atom. The number of benzene rings is 1. The minimum atomic E-state index is -0.970. The number of nitrogens with zero attached hydrogens (tertiary/aromatic N) is 2. The Morgan fingerprint density at radius 1 is 1.25 bits per heavy atom. The minimum Gasteiger partial charge on any atom is -0.486 e. The van der Waals surface area contributed by atoms with Crippen LogP contribution >= 0.6 is 0 Å². The Labute approximate surface area is 137 Å². The maximum atomic E-state index is 12.5. The first-order chi connectivity index (χ1) is 11.6. The summed E-state index contributed by atoms with van der Waals surface area (Å²) in [7, 11) is 1.52. The van der Waals surface area contributed by atoms with E-state index in [9.17, 15) is 9.59 Å². The molecule has 0 radical (unpaired) electrons. The van der Waals surface area contributed by atoms with Crippen LogP contribution in [0.4, 0.5) is 0 Å². The average Bonchev–Trinajstić information content (AvgIpc) is 3.08. The molecule has 0 atom stereocenters. The van der Waals surface area contributed by atoms with Gasteiger partial charge in [0.15, 0.2) is 29.3 Å². The molecule has 2 heterocycles. The second kappa shape index (κ2) is 6.61. The van der Waals surface area contributed by atoms with Gasteiger partial charge in [-0.05, 0) is 18.2 Å². The van der Waals surface area contributed by atoms with Crippen molar-refractivity contribution in [1.82, 2.24) is 9.88 Å². The third-order valence-electron chi connectivity index (χ3n) is 3.58. The summed E-state index contributed by atoms with van der Waals surface area (Å²) in [5.41, 5.74) is 0.756. The Bertz CT molecular complexity index is 770. The number of amides is 1. The summed E-state index contributed by atoms with van der Waals surface area (Å²) in [6, 6.07) is 5.22. The van der Waals surface area contributed by atoms with Crippen LogP contribution in [-0.4, -0.2) is 53.7 Å². The molecule has 0 spiro atoms. The van der Waals surface area contributed by atoms with Crippen LogP contribution in [-0.2, 0) is 4.79 Å². The van der Waals surface area contributed by atoms with Crippen molar-refractivity contribution in [2.24, 2.45) is 0 Å². The lowest BCUT2D eigenvalue weighted by molar-refractivity contribution is -0.137. The monoisotopic (exact) mass is 332 g/mol. The molecule has 1 N–H and O–H groups in total. The molecule has 0 aliphatic carbocycles. The zero-order valence-electron chi connectivity index (χ0n) is 13.0. The van der Waals surface area contributed by atoms with Crippen LogP contribution in [0, 0.1) is 0 Å². The van der Waals surface area contributed by atoms with Crippen molar-refractivity contribution in [2.45, 2.75) is 6.42 Å². The van der Waals surface area contributed by atoms with Crippen LogP contribution in [0.15, 0.2) is 29.0 Å². The standard InChI is InChI=1S/C16H16N2O6/c1-18(5-4-13(19)20)16(21)14-15(24-9-17-14)10-2-3-11-12(8-10)23-7-6-22-11/h2-3,8-9H,4-7H2,1H3,(H,19,20). The van der Waals surface area contributed by atoms with E-state index in [0.29, 0.717) is 36.0 Å². The van der Waals surface area contributed by atoms with Crippen LogP contribution in [0.2, 0.25) is 0 Å². The molecule has 1 aromatic heterocycles. The number of hydrogen-bond donors (Lipinski definition) is 1. The molecule has 8 heteroatoms. The molecular weight excluding hydrogens is 316 g/mol. The highest BCUT2D eigenvalue weighted by atomic mass is 16.6. The van der Waals surface area contributed by atoms with Gasteiger partial charge in [0.25, 0.3) is 5.91 Å². The van der Waals surface area contributed by atoms with Crippen molar-refractivity contribution in [3.63, 3.8) is 0 Å². The van der Waals surface area contributed by atoms with Crippen LogP contribution in [0.5, 0.6) is 11.5 Å². The molecule has 0 fully saturated rings. The van der Waals surface area contributed by atoms with Gasteiger partial charge in [0.05, 0.1) is 6.42 Å². The van der Waals surface area contributed by atoms with E-state index in [4.69, 9.17) is 19.0 Å². The molecule has 0 bridgehead atoms. The van der Waals surface area contributed by atoms with Crippen molar-refractivity contribution in [1.29, 1.82) is 0 Å². The summed E-state index contributed by atoms with van der Waals surface area (Å²) < 4.78 is 16.4. The van der Waals surface area contributed by atoms with Gasteiger partial charge in [-0.1, -0.05) is 0 Å². The lowest BCUT2D eigenvalue weighted by atomic mass is 10.1. The second-order valence-electron chi connectivity index (χ2n) is 5.26. The van der Waals surface area contributed by atoms with E-state index in [1.807, 2.05) is 0 Å². The van der Waals surface area contributed by atoms with Gasteiger partial charge in [0.1, 0.15) is 13.2 Å². The molecule has 0 unspecified atom stereocenters. The smallest absolute Gasteiger partial charge is 0.305 e. The summed E-state index contributed by atoms with van der Waals surface area (Å²) >= 11 is 0. The van der Waals surface area contributed by atoms with Crippen molar-refractivity contribution in [2.75, 3.05) is 26.8 Å². The van der Waals surface area contributed by atoms with Gasteiger partial charge in [-0.15, -0.1) is 0 Å². The lowest BCUT2D eigenvalue weighted by Gasteiger charge is -2.19. The molecule has 3 rings (SSSR count). The number of rotatable bonds is 5. The van der Waals surface area contributed by atoms with E-state index >= 15 is 0 Å². The number of ether oxygens (including phenoxy) is 2. The fourth-order valence-electron chi connectivity index (χ4n) is 2.33. The molecule has 1 amide bonds. The first-order valence-electron chi connectivity index (χ1n) is 7.37. The van der Waals surface area contributed by atoms with Gasteiger partial charge < -0.3 is 23.9 Å². The topological polar surface area (TPSA) is 102 Å². The number of fused-ring (bicyclic) bond motifs is 1. The molecule has 8 nitrogen and oxygen atoms in total. The lowest BCUT2D eigenvalue weighted by Crippen LogP contribution is -2.29. The molecular formula is C16H16N2O6. The van der Waals surface area contributed by atoms with Crippen LogP contribution in [0.25, 0.3) is 11.3 Å². The third-order valence-corrected chi connectivity index (χ3v) is 3.58. The maximum absolute atomic E-state index is 12.5. The maximum Gasteiger partial charge on any atom is 0.305 e. The summed E-state index contributed by atoms with van der Waals surface area (Å²) in [5, 5.41) is 8.72. The quantitative estimate of drug-likeness (QED) is 0.888. The van der Waals surface area contributed by atoms with Crippen molar-refractivity contribution in [3.05, 3.63) is 30.3 Å². The highest BCUT2D eigenvalue weighted by molar-refractivity contribution is 5.97. The predicted molar refractivity (Wildman–Crippen MR) is 82.1 cm³/mol. The number of hydrogen-bond acceptors (Lipinski definition) is 6. The molecule has 1 aliphatic heterocycles. The number of carboxylic acid groups (broad SMARTS) is 1. The van der Waals surface area contributed by atoms with Gasteiger partial charge in [-0.2, -0.15) is 0 Å². The normalized spacial score (nSPS) is 12.7. The number of aromatic nitrogens is 1. The van der Waals surface area contributed by atoms with Crippen LogP contribution < -0.4 is 9.47 Å². The first kappa shape index (κ1) is 15.9. The number of carbonyl (C=O) groups is 2. The van der Waals surface area contributed by atoms with E-state index in [1.54, 1.807) is 18.2 Å².